The smallest absolute Gasteiger partial charge is 0.243 e. The van der Waals surface area contributed by atoms with Crippen LogP contribution in [0.15, 0.2) is 24.0 Å². The number of amides is 2. The summed E-state index contributed by atoms with van der Waals surface area (Å²) >= 11 is 1.48. The van der Waals surface area contributed by atoms with Gasteiger partial charge < -0.3 is 10.2 Å². The molecule has 0 aliphatic carbocycles. The van der Waals surface area contributed by atoms with Crippen molar-refractivity contribution in [3.8, 4) is 0 Å². The van der Waals surface area contributed by atoms with Crippen LogP contribution in [-0.2, 0) is 22.7 Å². The highest BCUT2D eigenvalue weighted by Crippen LogP contribution is 2.42. The number of hydrogen-bond acceptors (Lipinski definition) is 7. The Bertz CT molecular complexity index is 888. The largest absolute Gasteiger partial charge is 0.354 e. The maximum absolute atomic E-state index is 13.3. The number of piperidine rings is 3. The number of rotatable bonds is 7. The highest BCUT2D eigenvalue weighted by Gasteiger charge is 2.51. The molecule has 4 atom stereocenters. The van der Waals surface area contributed by atoms with E-state index in [1.54, 1.807) is 10.9 Å². The fraction of sp³-hybridized carbons (Fsp3) is 0.667. The molecule has 3 fully saturated rings. The first-order chi connectivity index (χ1) is 15.2. The molecule has 0 unspecified atom stereocenters. The van der Waals surface area contributed by atoms with Crippen molar-refractivity contribution in [3.63, 3.8) is 0 Å². The fourth-order valence-corrected chi connectivity index (χ4v) is 6.22. The van der Waals surface area contributed by atoms with Crippen LogP contribution in [0.25, 0.3) is 0 Å². The summed E-state index contributed by atoms with van der Waals surface area (Å²) in [6, 6.07) is -0.171. The SMILES string of the molecule is O=C(NCCCn1ccnn1)[C@H]1[C@@H]2C[C@@H](CN(Cc3cnsc3)C2)[C@@H]2CCCC(=O)N21. The topological polar surface area (TPSA) is 96.2 Å². The lowest BCUT2D eigenvalue weighted by Gasteiger charge is -2.55. The molecule has 5 rings (SSSR count). The van der Waals surface area contributed by atoms with Crippen LogP contribution < -0.4 is 5.32 Å². The number of aromatic nitrogens is 4. The van der Waals surface area contributed by atoms with E-state index < -0.39 is 0 Å². The maximum atomic E-state index is 13.3. The molecule has 0 saturated carbocycles. The third-order valence-corrected chi connectivity index (χ3v) is 7.55. The molecule has 2 aromatic heterocycles. The van der Waals surface area contributed by atoms with Gasteiger partial charge in [-0.15, -0.1) is 5.10 Å². The molecule has 0 radical (unpaired) electrons. The van der Waals surface area contributed by atoms with Gasteiger partial charge in [0.1, 0.15) is 6.04 Å². The predicted octanol–water partition coefficient (Wildman–Crippen LogP) is 1.14. The van der Waals surface area contributed by atoms with Crippen molar-refractivity contribution in [2.45, 2.75) is 57.3 Å². The molecule has 3 aliphatic rings. The summed E-state index contributed by atoms with van der Waals surface area (Å²) in [6.45, 7) is 4.00. The first-order valence-corrected chi connectivity index (χ1v) is 12.1. The highest BCUT2D eigenvalue weighted by molar-refractivity contribution is 7.03. The lowest BCUT2D eigenvalue weighted by molar-refractivity contribution is -0.160. The van der Waals surface area contributed by atoms with E-state index in [2.05, 4.69) is 30.3 Å². The van der Waals surface area contributed by atoms with Crippen LogP contribution in [0, 0.1) is 11.8 Å². The van der Waals surface area contributed by atoms with E-state index in [0.717, 1.165) is 45.3 Å². The maximum Gasteiger partial charge on any atom is 0.243 e. The third kappa shape index (κ3) is 4.36. The number of carbonyl (C=O) groups excluding carboxylic acids is 2. The van der Waals surface area contributed by atoms with Crippen LogP contribution in [0.1, 0.15) is 37.7 Å². The van der Waals surface area contributed by atoms with Crippen molar-refractivity contribution in [3.05, 3.63) is 29.5 Å². The summed E-state index contributed by atoms with van der Waals surface area (Å²) in [6.07, 6.45) is 9.73. The number of nitrogens with one attached hydrogen (secondary N) is 1. The van der Waals surface area contributed by atoms with Crippen molar-refractivity contribution >= 4 is 23.3 Å². The van der Waals surface area contributed by atoms with E-state index >= 15 is 0 Å². The van der Waals surface area contributed by atoms with E-state index in [1.165, 1.54) is 17.1 Å². The average molecular weight is 444 g/mol. The van der Waals surface area contributed by atoms with Gasteiger partial charge in [-0.1, -0.05) is 5.21 Å². The molecule has 0 aromatic carbocycles. The van der Waals surface area contributed by atoms with Crippen LogP contribution >= 0.6 is 11.5 Å². The van der Waals surface area contributed by atoms with Crippen molar-refractivity contribution in [2.75, 3.05) is 19.6 Å². The fourth-order valence-electron chi connectivity index (χ4n) is 5.69. The van der Waals surface area contributed by atoms with Crippen LogP contribution in [-0.4, -0.2) is 72.7 Å². The molecule has 3 saturated heterocycles. The van der Waals surface area contributed by atoms with Gasteiger partial charge in [0.15, 0.2) is 0 Å². The van der Waals surface area contributed by atoms with Gasteiger partial charge in [0, 0.05) is 68.9 Å². The molecule has 2 bridgehead atoms. The van der Waals surface area contributed by atoms with Crippen LogP contribution in [0.5, 0.6) is 0 Å². The molecular formula is C21H29N7O2S. The van der Waals surface area contributed by atoms with Crippen molar-refractivity contribution in [1.29, 1.82) is 0 Å². The number of fused-ring (bicyclic) bond motifs is 4. The van der Waals surface area contributed by atoms with Gasteiger partial charge in [0.2, 0.25) is 11.8 Å². The molecule has 10 heteroatoms. The van der Waals surface area contributed by atoms with E-state index in [1.807, 2.05) is 17.3 Å². The van der Waals surface area contributed by atoms with Gasteiger partial charge in [-0.2, -0.15) is 0 Å². The number of nitrogens with zero attached hydrogens (tertiary/aromatic N) is 6. The Labute approximate surface area is 185 Å². The summed E-state index contributed by atoms with van der Waals surface area (Å²) in [5.74, 6) is 0.787. The summed E-state index contributed by atoms with van der Waals surface area (Å²) in [5, 5.41) is 13.0. The summed E-state index contributed by atoms with van der Waals surface area (Å²) in [5.41, 5.74) is 1.23. The normalized spacial score (nSPS) is 28.4. The minimum absolute atomic E-state index is 0.00124. The molecule has 2 aromatic rings. The summed E-state index contributed by atoms with van der Waals surface area (Å²) < 4.78 is 5.99. The Kier molecular flexibility index (Phi) is 5.99. The van der Waals surface area contributed by atoms with Crippen molar-refractivity contribution in [2.24, 2.45) is 11.8 Å². The molecule has 3 aliphatic heterocycles. The van der Waals surface area contributed by atoms with Crippen molar-refractivity contribution < 1.29 is 9.59 Å². The van der Waals surface area contributed by atoms with E-state index in [-0.39, 0.29) is 29.8 Å². The monoisotopic (exact) mass is 443 g/mol. The standard InChI is InChI=1S/C21H29N7O2S/c29-19-4-1-3-18-16-9-17(13-26(12-16)11-15-10-24-31-14-15)20(28(18)19)21(30)22-5-2-7-27-8-6-23-25-27/h6,8,10,14,16-18,20H,1-5,7,9,11-13H2,(H,22,30)/t16-,17+,18-,20+/m0/s1. The Morgan fingerprint density at radius 3 is 3.00 bits per heavy atom. The Morgan fingerprint density at radius 2 is 2.19 bits per heavy atom. The first kappa shape index (κ1) is 20.6. The molecule has 9 nitrogen and oxygen atoms in total. The molecule has 1 N–H and O–H groups in total. The zero-order valence-corrected chi connectivity index (χ0v) is 18.4. The zero-order valence-electron chi connectivity index (χ0n) is 17.6. The minimum atomic E-state index is -0.358. The quantitative estimate of drug-likeness (QED) is 0.645. The second kappa shape index (κ2) is 9.04. The number of carbonyl (C=O) groups is 2. The van der Waals surface area contributed by atoms with Gasteiger partial charge in [0.05, 0.1) is 6.20 Å². The first-order valence-electron chi connectivity index (χ1n) is 11.2. The highest BCUT2D eigenvalue weighted by atomic mass is 32.1. The van der Waals surface area contributed by atoms with E-state index in [4.69, 9.17) is 0 Å². The number of hydrogen-bond donors (Lipinski definition) is 1. The van der Waals surface area contributed by atoms with Gasteiger partial charge >= 0.3 is 0 Å². The molecule has 2 amide bonds. The molecule has 166 valence electrons. The van der Waals surface area contributed by atoms with Crippen LogP contribution in [0.2, 0.25) is 0 Å². The van der Waals surface area contributed by atoms with Gasteiger partial charge in [0.25, 0.3) is 0 Å². The number of aryl methyl sites for hydroxylation is 1. The van der Waals surface area contributed by atoms with Gasteiger partial charge in [-0.25, -0.2) is 4.37 Å². The lowest BCUT2D eigenvalue weighted by Crippen LogP contribution is -2.68. The van der Waals surface area contributed by atoms with Crippen LogP contribution in [0.3, 0.4) is 0 Å². The summed E-state index contributed by atoms with van der Waals surface area (Å²) in [4.78, 5) is 30.7. The summed E-state index contributed by atoms with van der Waals surface area (Å²) in [7, 11) is 0. The second-order valence-electron chi connectivity index (χ2n) is 9.00. The lowest BCUT2D eigenvalue weighted by atomic mass is 9.71. The third-order valence-electron chi connectivity index (χ3n) is 6.91. The molecule has 0 spiro atoms. The van der Waals surface area contributed by atoms with Crippen molar-refractivity contribution in [1.82, 2.24) is 34.5 Å². The average Bonchev–Trinajstić information content (AvgIpc) is 3.46. The number of likely N-dealkylation sites (tertiary alicyclic amines) is 1. The predicted molar refractivity (Wildman–Crippen MR) is 115 cm³/mol. The molecular weight excluding hydrogens is 414 g/mol. The second-order valence-corrected chi connectivity index (χ2v) is 9.66. The van der Waals surface area contributed by atoms with E-state index in [0.29, 0.717) is 25.4 Å². The minimum Gasteiger partial charge on any atom is -0.354 e. The van der Waals surface area contributed by atoms with Crippen LogP contribution in [0.4, 0.5) is 0 Å². The zero-order chi connectivity index (χ0) is 21.2. The Morgan fingerprint density at radius 1 is 1.29 bits per heavy atom. The van der Waals surface area contributed by atoms with E-state index in [9.17, 15) is 9.59 Å². The Hall–Kier alpha value is -2.33. The Balaban J connectivity index is 1.27. The van der Waals surface area contributed by atoms with Gasteiger partial charge in [-0.3, -0.25) is 19.2 Å². The van der Waals surface area contributed by atoms with Gasteiger partial charge in [-0.05, 0) is 48.7 Å². The molecule has 5 heterocycles. The molecule has 31 heavy (non-hydrogen) atoms.